The molecule has 0 heterocycles. The Morgan fingerprint density at radius 2 is 2.04 bits per heavy atom. The molecule has 0 aliphatic heterocycles. The molecule has 2 aliphatic carbocycles. The third kappa shape index (κ3) is 3.57. The van der Waals surface area contributed by atoms with Crippen molar-refractivity contribution in [2.24, 2.45) is 22.9 Å². The minimum atomic E-state index is -0.452. The van der Waals surface area contributed by atoms with Gasteiger partial charge < -0.3 is 0 Å². The zero-order valence-corrected chi connectivity index (χ0v) is 13.2. The van der Waals surface area contributed by atoms with Crippen molar-refractivity contribution in [3.05, 3.63) is 39.9 Å². The van der Waals surface area contributed by atoms with Gasteiger partial charge in [0.1, 0.15) is 0 Å². The van der Waals surface area contributed by atoms with Gasteiger partial charge in [0.25, 0.3) is 5.69 Å². The van der Waals surface area contributed by atoms with E-state index in [9.17, 15) is 14.9 Å². The molecule has 3 atom stereocenters. The van der Waals surface area contributed by atoms with Gasteiger partial charge >= 0.3 is 0 Å². The van der Waals surface area contributed by atoms with Crippen LogP contribution in [0.15, 0.2) is 29.4 Å². The molecule has 0 radical (unpaired) electrons. The van der Waals surface area contributed by atoms with E-state index in [-0.39, 0.29) is 18.0 Å². The lowest BCUT2D eigenvalue weighted by Crippen LogP contribution is -2.25. The first kappa shape index (κ1) is 15.6. The second-order valence-corrected chi connectivity index (χ2v) is 6.67. The molecule has 0 spiro atoms. The predicted molar refractivity (Wildman–Crippen MR) is 87.0 cm³/mol. The number of rotatable bonds is 5. The standard InChI is InChI=1S/C17H21N3O3/c1-11(16-9-13-2-5-14(16)8-13)18-19-17(21)10-12-3-6-15(7-4-12)20(22)23/h3-4,6-7,13-14,16H,2,5,8-10H2,1H3,(H,19,21). The minimum absolute atomic E-state index is 0.0271. The van der Waals surface area contributed by atoms with Gasteiger partial charge in [-0.05, 0) is 43.6 Å². The number of nitro benzene ring substituents is 1. The molecule has 1 amide bonds. The monoisotopic (exact) mass is 315 g/mol. The third-order valence-electron chi connectivity index (χ3n) is 5.14. The lowest BCUT2D eigenvalue weighted by Gasteiger charge is -2.21. The first-order valence-corrected chi connectivity index (χ1v) is 8.09. The van der Waals surface area contributed by atoms with E-state index in [0.717, 1.165) is 23.1 Å². The highest BCUT2D eigenvalue weighted by molar-refractivity contribution is 5.87. The Kier molecular flexibility index (Phi) is 4.41. The Morgan fingerprint density at radius 3 is 2.61 bits per heavy atom. The first-order chi connectivity index (χ1) is 11.0. The fraction of sp³-hybridized carbons (Fsp3) is 0.529. The summed E-state index contributed by atoms with van der Waals surface area (Å²) in [5.41, 5.74) is 4.41. The van der Waals surface area contributed by atoms with Crippen LogP contribution in [0.4, 0.5) is 5.69 Å². The second kappa shape index (κ2) is 6.48. The van der Waals surface area contributed by atoms with Crippen LogP contribution < -0.4 is 5.43 Å². The largest absolute Gasteiger partial charge is 0.273 e. The number of amides is 1. The average molecular weight is 315 g/mol. The fourth-order valence-electron chi connectivity index (χ4n) is 3.95. The number of benzene rings is 1. The summed E-state index contributed by atoms with van der Waals surface area (Å²) in [4.78, 5) is 22.1. The topological polar surface area (TPSA) is 84.6 Å². The molecule has 3 unspecified atom stereocenters. The summed E-state index contributed by atoms with van der Waals surface area (Å²) < 4.78 is 0. The summed E-state index contributed by atoms with van der Waals surface area (Å²) >= 11 is 0. The van der Waals surface area contributed by atoms with Crippen molar-refractivity contribution in [1.29, 1.82) is 0 Å². The molecular formula is C17H21N3O3. The molecule has 2 fully saturated rings. The highest BCUT2D eigenvalue weighted by atomic mass is 16.6. The van der Waals surface area contributed by atoms with Crippen LogP contribution in [-0.2, 0) is 11.2 Å². The summed E-state index contributed by atoms with van der Waals surface area (Å²) in [6.07, 6.45) is 5.33. The summed E-state index contributed by atoms with van der Waals surface area (Å²) in [5, 5.41) is 14.9. The Balaban J connectivity index is 1.53. The van der Waals surface area contributed by atoms with E-state index in [0.29, 0.717) is 5.92 Å². The zero-order chi connectivity index (χ0) is 16.4. The molecule has 3 rings (SSSR count). The average Bonchev–Trinajstić information content (AvgIpc) is 3.16. The second-order valence-electron chi connectivity index (χ2n) is 6.67. The van der Waals surface area contributed by atoms with Crippen LogP contribution in [0.1, 0.15) is 38.2 Å². The Morgan fingerprint density at radius 1 is 1.30 bits per heavy atom. The Hall–Kier alpha value is -2.24. The number of hydrazone groups is 1. The summed E-state index contributed by atoms with van der Waals surface area (Å²) in [6.45, 7) is 2.00. The van der Waals surface area contributed by atoms with E-state index >= 15 is 0 Å². The van der Waals surface area contributed by atoms with Gasteiger partial charge in [-0.15, -0.1) is 0 Å². The van der Waals surface area contributed by atoms with Gasteiger partial charge in [0.05, 0.1) is 11.3 Å². The normalized spacial score (nSPS) is 26.3. The smallest absolute Gasteiger partial charge is 0.269 e. The lowest BCUT2D eigenvalue weighted by atomic mass is 9.86. The summed E-state index contributed by atoms with van der Waals surface area (Å²) in [7, 11) is 0. The van der Waals surface area contributed by atoms with Crippen LogP contribution in [0.25, 0.3) is 0 Å². The lowest BCUT2D eigenvalue weighted by molar-refractivity contribution is -0.384. The first-order valence-electron chi connectivity index (χ1n) is 8.09. The molecular weight excluding hydrogens is 294 g/mol. The molecule has 6 heteroatoms. The maximum absolute atomic E-state index is 12.0. The minimum Gasteiger partial charge on any atom is -0.273 e. The van der Waals surface area contributed by atoms with Crippen molar-refractivity contribution in [3.8, 4) is 0 Å². The molecule has 0 aromatic heterocycles. The number of hydrogen-bond acceptors (Lipinski definition) is 4. The molecule has 23 heavy (non-hydrogen) atoms. The summed E-state index contributed by atoms with van der Waals surface area (Å²) in [5.74, 6) is 1.93. The molecule has 1 aromatic carbocycles. The van der Waals surface area contributed by atoms with E-state index in [1.165, 1.54) is 37.8 Å². The van der Waals surface area contributed by atoms with E-state index in [4.69, 9.17) is 0 Å². The van der Waals surface area contributed by atoms with Crippen molar-refractivity contribution in [1.82, 2.24) is 5.43 Å². The Bertz CT molecular complexity index is 639. The SMILES string of the molecule is CC(=NNC(=O)Cc1ccc([N+](=O)[O-])cc1)C1CC2CCC1C2. The molecule has 2 saturated carbocycles. The van der Waals surface area contributed by atoms with Crippen molar-refractivity contribution < 1.29 is 9.72 Å². The van der Waals surface area contributed by atoms with Gasteiger partial charge in [-0.25, -0.2) is 5.43 Å². The van der Waals surface area contributed by atoms with Crippen molar-refractivity contribution >= 4 is 17.3 Å². The van der Waals surface area contributed by atoms with E-state index in [1.807, 2.05) is 6.92 Å². The maximum Gasteiger partial charge on any atom is 0.269 e. The number of carbonyl (C=O) groups is 1. The van der Waals surface area contributed by atoms with Gasteiger partial charge in [0.15, 0.2) is 0 Å². The zero-order valence-electron chi connectivity index (χ0n) is 13.2. The highest BCUT2D eigenvalue weighted by Gasteiger charge is 2.40. The fourth-order valence-corrected chi connectivity index (χ4v) is 3.95. The van der Waals surface area contributed by atoms with Crippen LogP contribution in [0.5, 0.6) is 0 Å². The summed E-state index contributed by atoms with van der Waals surface area (Å²) in [6, 6.07) is 6.02. The number of nitrogens with zero attached hydrogens (tertiary/aromatic N) is 2. The number of carbonyl (C=O) groups excluding carboxylic acids is 1. The number of nitrogens with one attached hydrogen (secondary N) is 1. The predicted octanol–water partition coefficient (Wildman–Crippen LogP) is 3.07. The van der Waals surface area contributed by atoms with Gasteiger partial charge in [0.2, 0.25) is 5.91 Å². The maximum atomic E-state index is 12.0. The van der Waals surface area contributed by atoms with E-state index < -0.39 is 4.92 Å². The Labute approximate surface area is 135 Å². The third-order valence-corrected chi connectivity index (χ3v) is 5.14. The van der Waals surface area contributed by atoms with Crippen LogP contribution in [0.3, 0.4) is 0 Å². The number of nitro groups is 1. The molecule has 122 valence electrons. The molecule has 2 aliphatic rings. The van der Waals surface area contributed by atoms with Gasteiger partial charge in [0, 0.05) is 23.8 Å². The van der Waals surface area contributed by atoms with E-state index in [2.05, 4.69) is 10.5 Å². The van der Waals surface area contributed by atoms with Crippen molar-refractivity contribution in [2.45, 2.75) is 39.0 Å². The van der Waals surface area contributed by atoms with Crippen LogP contribution in [0.2, 0.25) is 0 Å². The van der Waals surface area contributed by atoms with Gasteiger partial charge in [-0.1, -0.05) is 18.6 Å². The molecule has 1 N–H and O–H groups in total. The number of non-ortho nitro benzene ring substituents is 1. The molecule has 1 aromatic rings. The van der Waals surface area contributed by atoms with Crippen LogP contribution >= 0.6 is 0 Å². The van der Waals surface area contributed by atoms with E-state index in [1.54, 1.807) is 12.1 Å². The highest BCUT2D eigenvalue weighted by Crippen LogP contribution is 2.48. The van der Waals surface area contributed by atoms with Gasteiger partial charge in [-0.3, -0.25) is 14.9 Å². The molecule has 2 bridgehead atoms. The van der Waals surface area contributed by atoms with Gasteiger partial charge in [-0.2, -0.15) is 5.10 Å². The number of fused-ring (bicyclic) bond motifs is 2. The van der Waals surface area contributed by atoms with Crippen molar-refractivity contribution in [3.63, 3.8) is 0 Å². The van der Waals surface area contributed by atoms with Crippen LogP contribution in [-0.4, -0.2) is 16.5 Å². The van der Waals surface area contributed by atoms with Crippen molar-refractivity contribution in [2.75, 3.05) is 0 Å². The quantitative estimate of drug-likeness (QED) is 0.515. The molecule has 0 saturated heterocycles. The molecule has 6 nitrogen and oxygen atoms in total. The van der Waals surface area contributed by atoms with Crippen LogP contribution in [0, 0.1) is 27.9 Å². The number of hydrogen-bond donors (Lipinski definition) is 1.